The van der Waals surface area contributed by atoms with E-state index < -0.39 is 5.91 Å². The van der Waals surface area contributed by atoms with Crippen molar-refractivity contribution in [1.82, 2.24) is 9.88 Å². The van der Waals surface area contributed by atoms with Crippen molar-refractivity contribution in [3.8, 4) is 33.2 Å². The molecular formula is C27H25N3O4S. The first-order valence-electron chi connectivity index (χ1n) is 10.9. The monoisotopic (exact) mass is 487 g/mol. The Bertz CT molecular complexity index is 1320. The van der Waals surface area contributed by atoms with Crippen LogP contribution in [0.5, 0.6) is 11.5 Å². The molecule has 0 bridgehead atoms. The zero-order chi connectivity index (χ0) is 24.8. The number of hydrogen-bond acceptors (Lipinski definition) is 6. The predicted molar refractivity (Wildman–Crippen MR) is 136 cm³/mol. The molecule has 2 amide bonds. The Labute approximate surface area is 207 Å². The lowest BCUT2D eigenvalue weighted by Gasteiger charge is -2.20. The number of nitrogens with two attached hydrogens (primary N) is 1. The van der Waals surface area contributed by atoms with Gasteiger partial charge in [-0.15, -0.1) is 11.3 Å². The molecule has 1 heterocycles. The molecule has 0 fully saturated rings. The number of primary amides is 1. The zero-order valence-electron chi connectivity index (χ0n) is 19.4. The van der Waals surface area contributed by atoms with Crippen LogP contribution < -0.4 is 15.2 Å². The third-order valence-electron chi connectivity index (χ3n) is 5.42. The standard InChI is InChI=1S/C27H25N3O4S/c1-33-23-13-12-21(14-24(23)34-2)26-29-22(17-35-26)27(32)30(16-25(28)31)15-18-8-10-20(11-9-18)19-6-4-3-5-7-19/h3-14,17H,15-16H2,1-2H3,(H2,28,31). The summed E-state index contributed by atoms with van der Waals surface area (Å²) in [5.41, 5.74) is 9.55. The fourth-order valence-electron chi connectivity index (χ4n) is 3.68. The largest absolute Gasteiger partial charge is 0.493 e. The van der Waals surface area contributed by atoms with E-state index in [0.29, 0.717) is 16.5 Å². The van der Waals surface area contributed by atoms with Gasteiger partial charge in [0.15, 0.2) is 11.5 Å². The van der Waals surface area contributed by atoms with E-state index in [4.69, 9.17) is 15.2 Å². The minimum absolute atomic E-state index is 0.206. The summed E-state index contributed by atoms with van der Waals surface area (Å²) >= 11 is 1.33. The molecule has 0 saturated carbocycles. The van der Waals surface area contributed by atoms with Gasteiger partial charge in [-0.1, -0.05) is 54.6 Å². The van der Waals surface area contributed by atoms with Gasteiger partial charge < -0.3 is 20.1 Å². The Morgan fingerprint density at radius 3 is 2.20 bits per heavy atom. The molecule has 0 radical (unpaired) electrons. The molecule has 0 atom stereocenters. The van der Waals surface area contributed by atoms with Crippen molar-refractivity contribution in [3.05, 3.63) is 89.4 Å². The van der Waals surface area contributed by atoms with Crippen LogP contribution in [0.4, 0.5) is 0 Å². The first kappa shape index (κ1) is 24.0. The Hall–Kier alpha value is -4.17. The Balaban J connectivity index is 1.54. The molecule has 0 aliphatic carbocycles. The lowest BCUT2D eigenvalue weighted by atomic mass is 10.0. The number of methoxy groups -OCH3 is 2. The summed E-state index contributed by atoms with van der Waals surface area (Å²) in [4.78, 5) is 30.9. The fourth-order valence-corrected chi connectivity index (χ4v) is 4.47. The summed E-state index contributed by atoms with van der Waals surface area (Å²) in [5.74, 6) is 0.228. The van der Waals surface area contributed by atoms with Gasteiger partial charge in [0.05, 0.1) is 14.2 Å². The van der Waals surface area contributed by atoms with Crippen molar-refractivity contribution in [2.75, 3.05) is 20.8 Å². The number of amides is 2. The average molecular weight is 488 g/mol. The summed E-state index contributed by atoms with van der Waals surface area (Å²) in [7, 11) is 3.13. The molecule has 0 unspecified atom stereocenters. The maximum atomic E-state index is 13.3. The predicted octanol–water partition coefficient (Wildman–Crippen LogP) is 4.62. The lowest BCUT2D eigenvalue weighted by molar-refractivity contribution is -0.118. The van der Waals surface area contributed by atoms with Crippen LogP contribution in [-0.2, 0) is 11.3 Å². The van der Waals surface area contributed by atoms with E-state index in [9.17, 15) is 9.59 Å². The van der Waals surface area contributed by atoms with E-state index in [0.717, 1.165) is 22.3 Å². The molecule has 0 saturated heterocycles. The highest BCUT2D eigenvalue weighted by Crippen LogP contribution is 2.33. The smallest absolute Gasteiger partial charge is 0.274 e. The van der Waals surface area contributed by atoms with Crippen LogP contribution in [0, 0.1) is 0 Å². The van der Waals surface area contributed by atoms with E-state index in [2.05, 4.69) is 4.98 Å². The maximum Gasteiger partial charge on any atom is 0.274 e. The van der Waals surface area contributed by atoms with Gasteiger partial charge in [-0.3, -0.25) is 9.59 Å². The molecule has 35 heavy (non-hydrogen) atoms. The third-order valence-corrected chi connectivity index (χ3v) is 6.31. The number of aromatic nitrogens is 1. The van der Waals surface area contributed by atoms with Crippen LogP contribution in [0.25, 0.3) is 21.7 Å². The fraction of sp³-hybridized carbons (Fsp3) is 0.148. The van der Waals surface area contributed by atoms with Gasteiger partial charge in [-0.05, 0) is 34.9 Å². The third kappa shape index (κ3) is 5.67. The SMILES string of the molecule is COc1ccc(-c2nc(C(=O)N(CC(N)=O)Cc3ccc(-c4ccccc4)cc3)cs2)cc1OC. The molecule has 3 aromatic carbocycles. The lowest BCUT2D eigenvalue weighted by Crippen LogP contribution is -2.38. The first-order chi connectivity index (χ1) is 17.0. The number of thiazole rings is 1. The highest BCUT2D eigenvalue weighted by molar-refractivity contribution is 7.13. The summed E-state index contributed by atoms with van der Waals surface area (Å²) in [6, 6.07) is 23.3. The molecule has 0 spiro atoms. The number of hydrogen-bond donors (Lipinski definition) is 1. The van der Waals surface area contributed by atoms with Gasteiger partial charge >= 0.3 is 0 Å². The van der Waals surface area contributed by atoms with Crippen molar-refractivity contribution in [2.45, 2.75) is 6.54 Å². The Kier molecular flexibility index (Phi) is 7.42. The van der Waals surface area contributed by atoms with Crippen LogP contribution in [0.3, 0.4) is 0 Å². The molecule has 0 aliphatic rings. The molecular weight excluding hydrogens is 462 g/mol. The molecule has 0 aliphatic heterocycles. The van der Waals surface area contributed by atoms with Gasteiger partial charge in [0.1, 0.15) is 17.2 Å². The minimum Gasteiger partial charge on any atom is -0.493 e. The van der Waals surface area contributed by atoms with Gasteiger partial charge in [0, 0.05) is 17.5 Å². The molecule has 1 aromatic heterocycles. The number of carbonyl (C=O) groups is 2. The zero-order valence-corrected chi connectivity index (χ0v) is 20.2. The number of rotatable bonds is 9. The van der Waals surface area contributed by atoms with E-state index in [1.807, 2.05) is 60.7 Å². The maximum absolute atomic E-state index is 13.3. The second-order valence-electron chi connectivity index (χ2n) is 7.80. The van der Waals surface area contributed by atoms with Gasteiger partial charge in [-0.25, -0.2) is 4.98 Å². The Morgan fingerprint density at radius 1 is 0.886 bits per heavy atom. The normalized spacial score (nSPS) is 10.6. The molecule has 4 rings (SSSR count). The topological polar surface area (TPSA) is 94.8 Å². The van der Waals surface area contributed by atoms with Crippen LogP contribution in [0.15, 0.2) is 78.2 Å². The van der Waals surface area contributed by atoms with Crippen molar-refractivity contribution >= 4 is 23.2 Å². The number of benzene rings is 3. The molecule has 2 N–H and O–H groups in total. The summed E-state index contributed by atoms with van der Waals surface area (Å²) in [6.45, 7) is 0.0303. The van der Waals surface area contributed by atoms with Gasteiger partial charge in [0.2, 0.25) is 5.91 Å². The molecule has 8 heteroatoms. The minimum atomic E-state index is -0.588. The van der Waals surface area contributed by atoms with Crippen LogP contribution in [0.2, 0.25) is 0 Å². The van der Waals surface area contributed by atoms with Crippen molar-refractivity contribution < 1.29 is 19.1 Å². The van der Waals surface area contributed by atoms with E-state index >= 15 is 0 Å². The van der Waals surface area contributed by atoms with Crippen LogP contribution in [0.1, 0.15) is 16.1 Å². The second kappa shape index (κ2) is 10.8. The second-order valence-corrected chi connectivity index (χ2v) is 8.66. The molecule has 7 nitrogen and oxygen atoms in total. The van der Waals surface area contributed by atoms with Gasteiger partial charge in [-0.2, -0.15) is 0 Å². The Morgan fingerprint density at radius 2 is 1.54 bits per heavy atom. The van der Waals surface area contributed by atoms with Crippen LogP contribution in [-0.4, -0.2) is 42.5 Å². The molecule has 178 valence electrons. The summed E-state index contributed by atoms with van der Waals surface area (Å²) in [5, 5.41) is 2.33. The van der Waals surface area contributed by atoms with E-state index in [1.165, 1.54) is 16.2 Å². The number of nitrogens with zero attached hydrogens (tertiary/aromatic N) is 2. The van der Waals surface area contributed by atoms with Crippen molar-refractivity contribution in [3.63, 3.8) is 0 Å². The van der Waals surface area contributed by atoms with Crippen LogP contribution >= 0.6 is 11.3 Å². The van der Waals surface area contributed by atoms with Crippen molar-refractivity contribution in [1.29, 1.82) is 0 Å². The van der Waals surface area contributed by atoms with Crippen molar-refractivity contribution in [2.24, 2.45) is 5.73 Å². The summed E-state index contributed by atoms with van der Waals surface area (Å²) < 4.78 is 10.6. The molecule has 4 aromatic rings. The van der Waals surface area contributed by atoms with E-state index in [-0.39, 0.29) is 24.7 Å². The highest BCUT2D eigenvalue weighted by atomic mass is 32.1. The van der Waals surface area contributed by atoms with Gasteiger partial charge in [0.25, 0.3) is 5.91 Å². The highest BCUT2D eigenvalue weighted by Gasteiger charge is 2.21. The number of carbonyl (C=O) groups excluding carboxylic acids is 2. The van der Waals surface area contributed by atoms with E-state index in [1.54, 1.807) is 31.7 Å². The summed E-state index contributed by atoms with van der Waals surface area (Å²) in [6.07, 6.45) is 0. The average Bonchev–Trinajstić information content (AvgIpc) is 3.38. The first-order valence-corrected chi connectivity index (χ1v) is 11.8. The number of ether oxygens (including phenoxy) is 2. The quantitative estimate of drug-likeness (QED) is 0.372.